The van der Waals surface area contributed by atoms with Crippen LogP contribution in [0.25, 0.3) is 0 Å². The highest BCUT2D eigenvalue weighted by atomic mass is 127. The smallest absolute Gasteiger partial charge is 0.221 e. The van der Waals surface area contributed by atoms with E-state index < -0.39 is 0 Å². The second-order valence-corrected chi connectivity index (χ2v) is 9.50. The zero-order chi connectivity index (χ0) is 22.4. The molecule has 1 aromatic carbocycles. The van der Waals surface area contributed by atoms with Gasteiger partial charge >= 0.3 is 0 Å². The number of nitrogens with zero attached hydrogens (tertiary/aromatic N) is 3. The number of halogens is 1. The van der Waals surface area contributed by atoms with Gasteiger partial charge in [-0.25, -0.2) is 0 Å². The van der Waals surface area contributed by atoms with Crippen molar-refractivity contribution >= 4 is 35.8 Å². The molecule has 0 aliphatic carbocycles. The molecule has 2 heterocycles. The number of amides is 1. The van der Waals surface area contributed by atoms with Gasteiger partial charge in [-0.2, -0.15) is 0 Å². The number of hydrogen-bond acceptors (Lipinski definition) is 4. The maximum absolute atomic E-state index is 11.5. The molecule has 8 heteroatoms. The third-order valence-corrected chi connectivity index (χ3v) is 6.68. The van der Waals surface area contributed by atoms with Crippen molar-refractivity contribution in [2.24, 2.45) is 22.6 Å². The molecule has 2 fully saturated rings. The van der Waals surface area contributed by atoms with Crippen LogP contribution in [0, 0.1) is 11.8 Å². The third kappa shape index (κ3) is 7.59. The van der Waals surface area contributed by atoms with Crippen molar-refractivity contribution in [2.45, 2.75) is 58.8 Å². The van der Waals surface area contributed by atoms with Gasteiger partial charge < -0.3 is 16.4 Å². The lowest BCUT2D eigenvalue weighted by Crippen LogP contribution is -2.46. The first-order valence-corrected chi connectivity index (χ1v) is 11.7. The summed E-state index contributed by atoms with van der Waals surface area (Å²) in [5.74, 6) is 1.26. The first kappa shape index (κ1) is 26.9. The maximum atomic E-state index is 11.5. The molecule has 7 nitrogen and oxygen atoms in total. The predicted octanol–water partition coefficient (Wildman–Crippen LogP) is 2.40. The number of aliphatic imine (C=N–C) groups is 1. The highest BCUT2D eigenvalue weighted by Crippen LogP contribution is 2.20. The molecular weight excluding hydrogens is 515 g/mol. The van der Waals surface area contributed by atoms with E-state index >= 15 is 0 Å². The summed E-state index contributed by atoms with van der Waals surface area (Å²) in [6.07, 6.45) is 1.95. The van der Waals surface area contributed by atoms with Crippen molar-refractivity contribution in [1.82, 2.24) is 20.4 Å². The zero-order valence-corrected chi connectivity index (χ0v) is 22.3. The fourth-order valence-electron chi connectivity index (χ4n) is 4.70. The normalized spacial score (nSPS) is 24.9. The van der Waals surface area contributed by atoms with Crippen LogP contribution in [-0.4, -0.2) is 67.0 Å². The van der Waals surface area contributed by atoms with Gasteiger partial charge in [0.2, 0.25) is 5.91 Å². The Hall–Kier alpha value is -1.39. The standard InChI is InChI=1S/C24H40N6O.HI/c1-17(2)30-13-18(3)22(16-30)28-24(26-4)27-12-19-7-5-8-20(11-19)14-29-10-6-9-21(15-29)23(25)31;/h5,7-8,11,17-18,21-22H,6,9-10,12-16H2,1-4H3,(H2,25,31)(H2,26,27,28);1H. The second-order valence-electron chi connectivity index (χ2n) is 9.50. The minimum absolute atomic E-state index is 0. The van der Waals surface area contributed by atoms with Crippen molar-refractivity contribution in [2.75, 3.05) is 33.2 Å². The van der Waals surface area contributed by atoms with Crippen LogP contribution >= 0.6 is 24.0 Å². The summed E-state index contributed by atoms with van der Waals surface area (Å²) in [4.78, 5) is 20.8. The van der Waals surface area contributed by atoms with Gasteiger partial charge in [0.05, 0.1) is 5.92 Å². The lowest BCUT2D eigenvalue weighted by molar-refractivity contribution is -0.123. The van der Waals surface area contributed by atoms with Crippen LogP contribution in [0.4, 0.5) is 0 Å². The molecular formula is C24H41IN6O. The summed E-state index contributed by atoms with van der Waals surface area (Å²) in [5, 5.41) is 7.09. The van der Waals surface area contributed by atoms with E-state index in [4.69, 9.17) is 5.73 Å². The van der Waals surface area contributed by atoms with Crippen molar-refractivity contribution in [3.05, 3.63) is 35.4 Å². The number of carbonyl (C=O) groups is 1. The number of likely N-dealkylation sites (tertiary alicyclic amines) is 2. The summed E-state index contributed by atoms with van der Waals surface area (Å²) in [5.41, 5.74) is 8.02. The SMILES string of the molecule is CN=C(NCc1cccc(CN2CCCC(C(N)=O)C2)c1)NC1CN(C(C)C)CC1C.I. The molecule has 3 atom stereocenters. The minimum atomic E-state index is -0.172. The molecule has 4 N–H and O–H groups in total. The van der Waals surface area contributed by atoms with Crippen LogP contribution in [0.5, 0.6) is 0 Å². The van der Waals surface area contributed by atoms with Crippen molar-refractivity contribution in [1.29, 1.82) is 0 Å². The summed E-state index contributed by atoms with van der Waals surface area (Å²) in [7, 11) is 1.83. The molecule has 0 bridgehead atoms. The highest BCUT2D eigenvalue weighted by Gasteiger charge is 2.31. The number of hydrogen-bond donors (Lipinski definition) is 3. The number of guanidine groups is 1. The van der Waals surface area contributed by atoms with E-state index in [9.17, 15) is 4.79 Å². The number of nitrogens with two attached hydrogens (primary N) is 1. The molecule has 0 radical (unpaired) electrons. The Labute approximate surface area is 210 Å². The Morgan fingerprint density at radius 3 is 2.66 bits per heavy atom. The first-order chi connectivity index (χ1) is 14.9. The van der Waals surface area contributed by atoms with Gasteiger partial charge in [-0.1, -0.05) is 31.2 Å². The lowest BCUT2D eigenvalue weighted by atomic mass is 9.97. The average molecular weight is 557 g/mol. The number of piperidine rings is 1. The Morgan fingerprint density at radius 1 is 1.25 bits per heavy atom. The van der Waals surface area contributed by atoms with Gasteiger partial charge in [0.25, 0.3) is 0 Å². The van der Waals surface area contributed by atoms with Crippen molar-refractivity contribution in [3.63, 3.8) is 0 Å². The molecule has 32 heavy (non-hydrogen) atoms. The lowest BCUT2D eigenvalue weighted by Gasteiger charge is -2.31. The van der Waals surface area contributed by atoms with Crippen LogP contribution in [-0.2, 0) is 17.9 Å². The molecule has 1 aromatic rings. The molecule has 0 spiro atoms. The van der Waals surface area contributed by atoms with Crippen LogP contribution in [0.1, 0.15) is 44.7 Å². The number of carbonyl (C=O) groups excluding carboxylic acids is 1. The number of nitrogens with one attached hydrogen (secondary N) is 2. The fraction of sp³-hybridized carbons (Fsp3) is 0.667. The molecule has 0 saturated carbocycles. The summed E-state index contributed by atoms with van der Waals surface area (Å²) in [6, 6.07) is 9.64. The summed E-state index contributed by atoms with van der Waals surface area (Å²) >= 11 is 0. The molecule has 0 aromatic heterocycles. The molecule has 1 amide bonds. The van der Waals surface area contributed by atoms with E-state index in [1.807, 2.05) is 7.05 Å². The van der Waals surface area contributed by atoms with Crippen molar-refractivity contribution < 1.29 is 4.79 Å². The van der Waals surface area contributed by atoms with Gasteiger partial charge in [-0.05, 0) is 50.3 Å². The van der Waals surface area contributed by atoms with Crippen LogP contribution in [0.15, 0.2) is 29.3 Å². The summed E-state index contributed by atoms with van der Waals surface area (Å²) < 4.78 is 0. The molecule has 2 aliphatic heterocycles. The Balaban J connectivity index is 0.00000363. The zero-order valence-electron chi connectivity index (χ0n) is 20.0. The van der Waals surface area contributed by atoms with Gasteiger partial charge in [0.15, 0.2) is 5.96 Å². The number of rotatable bonds is 7. The third-order valence-electron chi connectivity index (χ3n) is 6.68. The predicted molar refractivity (Wildman–Crippen MR) is 142 cm³/mol. The van der Waals surface area contributed by atoms with E-state index in [-0.39, 0.29) is 35.8 Å². The average Bonchev–Trinajstić information content (AvgIpc) is 3.12. The van der Waals surface area contributed by atoms with Gasteiger partial charge in [0.1, 0.15) is 0 Å². The monoisotopic (exact) mass is 556 g/mol. The van der Waals surface area contributed by atoms with Gasteiger partial charge in [-0.15, -0.1) is 24.0 Å². The molecule has 3 rings (SSSR count). The first-order valence-electron chi connectivity index (χ1n) is 11.7. The van der Waals surface area contributed by atoms with Gasteiger partial charge in [-0.3, -0.25) is 19.6 Å². The minimum Gasteiger partial charge on any atom is -0.369 e. The fourth-order valence-corrected chi connectivity index (χ4v) is 4.70. The van der Waals surface area contributed by atoms with E-state index in [2.05, 4.69) is 70.5 Å². The summed E-state index contributed by atoms with van der Waals surface area (Å²) in [6.45, 7) is 12.4. The topological polar surface area (TPSA) is 86.0 Å². The van der Waals surface area contributed by atoms with Crippen LogP contribution in [0.2, 0.25) is 0 Å². The number of primary amides is 1. The van der Waals surface area contributed by atoms with Crippen molar-refractivity contribution in [3.8, 4) is 0 Å². The molecule has 180 valence electrons. The Kier molecular flexibility index (Phi) is 10.7. The van der Waals surface area contributed by atoms with E-state index in [0.717, 1.165) is 58.1 Å². The van der Waals surface area contributed by atoms with E-state index in [1.165, 1.54) is 11.1 Å². The second kappa shape index (κ2) is 12.7. The molecule has 2 saturated heterocycles. The largest absolute Gasteiger partial charge is 0.369 e. The van der Waals surface area contributed by atoms with Gasteiger partial charge in [0, 0.05) is 51.9 Å². The Morgan fingerprint density at radius 2 is 2.00 bits per heavy atom. The van der Waals surface area contributed by atoms with Crippen LogP contribution < -0.4 is 16.4 Å². The van der Waals surface area contributed by atoms with E-state index in [0.29, 0.717) is 18.0 Å². The van der Waals surface area contributed by atoms with E-state index in [1.54, 1.807) is 0 Å². The highest BCUT2D eigenvalue weighted by molar-refractivity contribution is 14.0. The number of benzene rings is 1. The van der Waals surface area contributed by atoms with Crippen LogP contribution in [0.3, 0.4) is 0 Å². The maximum Gasteiger partial charge on any atom is 0.221 e. The molecule has 3 unspecified atom stereocenters. The Bertz CT molecular complexity index is 771. The molecule has 2 aliphatic rings. The quantitative estimate of drug-likeness (QED) is 0.273.